The van der Waals surface area contributed by atoms with E-state index in [1.54, 1.807) is 0 Å². The molecule has 0 bridgehead atoms. The maximum Gasteiger partial charge on any atom is 0.226 e. The Balaban J connectivity index is 1.91. The highest BCUT2D eigenvalue weighted by Gasteiger charge is 2.18. The third-order valence-electron chi connectivity index (χ3n) is 3.83. The summed E-state index contributed by atoms with van der Waals surface area (Å²) in [6.07, 6.45) is 3.55. The van der Waals surface area contributed by atoms with E-state index in [9.17, 15) is 0 Å². The van der Waals surface area contributed by atoms with E-state index in [0.29, 0.717) is 0 Å². The predicted octanol–water partition coefficient (Wildman–Crippen LogP) is 3.28. The van der Waals surface area contributed by atoms with Gasteiger partial charge in [0, 0.05) is 12.8 Å². The third kappa shape index (κ3) is 4.97. The zero-order chi connectivity index (χ0) is 15.3. The molecule has 0 atom stereocenters. The fourth-order valence-corrected chi connectivity index (χ4v) is 2.31. The molecule has 4 heteroatoms. The summed E-state index contributed by atoms with van der Waals surface area (Å²) in [5.41, 5.74) is 8.32. The standard InChI is InChI=1S/C17H25N3O/c1-13-4-6-14(7-5-13)12-15-19-16(21-20-15)8-9-17(2,3)10-11-18/h4-7H,8-12,18H2,1-3H3. The molecular weight excluding hydrogens is 262 g/mol. The molecule has 0 saturated carbocycles. The number of benzene rings is 1. The number of aryl methyl sites for hydroxylation is 2. The average Bonchev–Trinajstić information content (AvgIpc) is 2.87. The van der Waals surface area contributed by atoms with Crippen LogP contribution in [0, 0.1) is 12.3 Å². The van der Waals surface area contributed by atoms with Crippen molar-refractivity contribution >= 4 is 0 Å². The van der Waals surface area contributed by atoms with E-state index < -0.39 is 0 Å². The van der Waals surface area contributed by atoms with Crippen molar-refractivity contribution in [2.75, 3.05) is 6.54 Å². The first kappa shape index (κ1) is 15.7. The first-order valence-electron chi connectivity index (χ1n) is 7.55. The van der Waals surface area contributed by atoms with Gasteiger partial charge < -0.3 is 10.3 Å². The van der Waals surface area contributed by atoms with Crippen molar-refractivity contribution in [1.82, 2.24) is 10.1 Å². The van der Waals surface area contributed by atoms with Crippen molar-refractivity contribution in [3.05, 3.63) is 47.1 Å². The van der Waals surface area contributed by atoms with Crippen LogP contribution in [0.2, 0.25) is 0 Å². The molecule has 0 radical (unpaired) electrons. The summed E-state index contributed by atoms with van der Waals surface area (Å²) in [7, 11) is 0. The molecule has 0 aliphatic carbocycles. The fraction of sp³-hybridized carbons (Fsp3) is 0.529. The average molecular weight is 287 g/mol. The summed E-state index contributed by atoms with van der Waals surface area (Å²) in [5, 5.41) is 4.07. The van der Waals surface area contributed by atoms with Crippen LogP contribution in [0.25, 0.3) is 0 Å². The number of hydrogen-bond acceptors (Lipinski definition) is 4. The molecule has 2 aromatic rings. The minimum atomic E-state index is 0.223. The summed E-state index contributed by atoms with van der Waals surface area (Å²) in [6.45, 7) is 7.25. The predicted molar refractivity (Wildman–Crippen MR) is 84.1 cm³/mol. The summed E-state index contributed by atoms with van der Waals surface area (Å²) in [4.78, 5) is 4.48. The lowest BCUT2D eigenvalue weighted by Crippen LogP contribution is -2.17. The summed E-state index contributed by atoms with van der Waals surface area (Å²) in [6, 6.07) is 8.42. The van der Waals surface area contributed by atoms with Crippen LogP contribution in [-0.4, -0.2) is 16.7 Å². The monoisotopic (exact) mass is 287 g/mol. The van der Waals surface area contributed by atoms with Crippen molar-refractivity contribution in [3.63, 3.8) is 0 Å². The van der Waals surface area contributed by atoms with Crippen molar-refractivity contribution in [2.24, 2.45) is 11.1 Å². The maximum atomic E-state index is 5.63. The van der Waals surface area contributed by atoms with Crippen molar-refractivity contribution in [1.29, 1.82) is 0 Å². The Labute approximate surface area is 126 Å². The number of hydrogen-bond donors (Lipinski definition) is 1. The quantitative estimate of drug-likeness (QED) is 0.848. The molecule has 1 aromatic carbocycles. The van der Waals surface area contributed by atoms with Crippen molar-refractivity contribution in [3.8, 4) is 0 Å². The molecule has 0 saturated heterocycles. The van der Waals surface area contributed by atoms with E-state index in [-0.39, 0.29) is 5.41 Å². The molecule has 0 aliphatic rings. The van der Waals surface area contributed by atoms with Crippen molar-refractivity contribution in [2.45, 2.75) is 46.5 Å². The van der Waals surface area contributed by atoms with Crippen molar-refractivity contribution < 1.29 is 4.52 Å². The second kappa shape index (κ2) is 6.85. The number of aromatic nitrogens is 2. The van der Waals surface area contributed by atoms with Crippen LogP contribution in [0.4, 0.5) is 0 Å². The van der Waals surface area contributed by atoms with Crippen LogP contribution >= 0.6 is 0 Å². The lowest BCUT2D eigenvalue weighted by Gasteiger charge is -2.22. The third-order valence-corrected chi connectivity index (χ3v) is 3.83. The smallest absolute Gasteiger partial charge is 0.226 e. The van der Waals surface area contributed by atoms with Crippen LogP contribution in [0.15, 0.2) is 28.8 Å². The Hall–Kier alpha value is -1.68. The molecular formula is C17H25N3O. The van der Waals surface area contributed by atoms with Crippen LogP contribution < -0.4 is 5.73 Å². The van der Waals surface area contributed by atoms with E-state index in [1.807, 2.05) is 0 Å². The molecule has 114 valence electrons. The molecule has 0 aliphatic heterocycles. The Kier molecular flexibility index (Phi) is 5.12. The van der Waals surface area contributed by atoms with Crippen LogP contribution in [0.3, 0.4) is 0 Å². The highest BCUT2D eigenvalue weighted by atomic mass is 16.5. The van der Waals surface area contributed by atoms with E-state index in [4.69, 9.17) is 10.3 Å². The van der Waals surface area contributed by atoms with Gasteiger partial charge in [-0.1, -0.05) is 48.8 Å². The fourth-order valence-electron chi connectivity index (χ4n) is 2.31. The molecule has 2 N–H and O–H groups in total. The van der Waals surface area contributed by atoms with E-state index in [0.717, 1.165) is 43.9 Å². The lowest BCUT2D eigenvalue weighted by atomic mass is 9.84. The first-order chi connectivity index (χ1) is 9.98. The Morgan fingerprint density at radius 2 is 1.86 bits per heavy atom. The second-order valence-electron chi connectivity index (χ2n) is 6.47. The Morgan fingerprint density at radius 1 is 1.14 bits per heavy atom. The van der Waals surface area contributed by atoms with Gasteiger partial charge in [0.15, 0.2) is 5.82 Å². The van der Waals surface area contributed by atoms with Gasteiger partial charge in [0.1, 0.15) is 0 Å². The molecule has 1 aromatic heterocycles. The molecule has 1 heterocycles. The van der Waals surface area contributed by atoms with E-state index in [2.05, 4.69) is 55.2 Å². The zero-order valence-electron chi connectivity index (χ0n) is 13.2. The van der Waals surface area contributed by atoms with Gasteiger partial charge in [-0.15, -0.1) is 0 Å². The molecule has 2 rings (SSSR count). The highest BCUT2D eigenvalue weighted by molar-refractivity contribution is 5.23. The highest BCUT2D eigenvalue weighted by Crippen LogP contribution is 2.25. The molecule has 0 amide bonds. The summed E-state index contributed by atoms with van der Waals surface area (Å²) >= 11 is 0. The zero-order valence-corrected chi connectivity index (χ0v) is 13.2. The van der Waals surface area contributed by atoms with Gasteiger partial charge in [0.2, 0.25) is 5.89 Å². The minimum absolute atomic E-state index is 0.223. The number of nitrogens with two attached hydrogens (primary N) is 1. The van der Waals surface area contributed by atoms with Gasteiger partial charge in [-0.2, -0.15) is 4.98 Å². The summed E-state index contributed by atoms with van der Waals surface area (Å²) < 4.78 is 5.34. The van der Waals surface area contributed by atoms with E-state index in [1.165, 1.54) is 11.1 Å². The molecule has 4 nitrogen and oxygen atoms in total. The van der Waals surface area contributed by atoms with Crippen LogP contribution in [0.1, 0.15) is 49.5 Å². The van der Waals surface area contributed by atoms with Gasteiger partial charge in [-0.25, -0.2) is 0 Å². The Bertz CT molecular complexity index is 558. The molecule has 0 spiro atoms. The van der Waals surface area contributed by atoms with Gasteiger partial charge >= 0.3 is 0 Å². The first-order valence-corrected chi connectivity index (χ1v) is 7.55. The topological polar surface area (TPSA) is 64.9 Å². The molecule has 0 fully saturated rings. The largest absolute Gasteiger partial charge is 0.339 e. The Morgan fingerprint density at radius 3 is 2.52 bits per heavy atom. The SMILES string of the molecule is Cc1ccc(Cc2noc(CCC(C)(C)CCN)n2)cc1. The normalized spacial score (nSPS) is 11.8. The van der Waals surface area contributed by atoms with Gasteiger partial charge in [-0.3, -0.25) is 0 Å². The van der Waals surface area contributed by atoms with Crippen LogP contribution in [0.5, 0.6) is 0 Å². The van der Waals surface area contributed by atoms with Crippen LogP contribution in [-0.2, 0) is 12.8 Å². The lowest BCUT2D eigenvalue weighted by molar-refractivity contribution is 0.289. The van der Waals surface area contributed by atoms with Gasteiger partial charge in [0.25, 0.3) is 0 Å². The second-order valence-corrected chi connectivity index (χ2v) is 6.47. The van der Waals surface area contributed by atoms with E-state index >= 15 is 0 Å². The number of rotatable bonds is 7. The number of nitrogens with zero attached hydrogens (tertiary/aromatic N) is 2. The minimum Gasteiger partial charge on any atom is -0.339 e. The summed E-state index contributed by atoms with van der Waals surface area (Å²) in [5.74, 6) is 1.48. The van der Waals surface area contributed by atoms with Gasteiger partial charge in [0.05, 0.1) is 0 Å². The molecule has 21 heavy (non-hydrogen) atoms. The maximum absolute atomic E-state index is 5.63. The molecule has 0 unspecified atom stereocenters. The van der Waals surface area contributed by atoms with Gasteiger partial charge in [-0.05, 0) is 37.3 Å².